The molecule has 0 bridgehead atoms. The van der Waals surface area contributed by atoms with E-state index in [2.05, 4.69) is 0 Å². The van der Waals surface area contributed by atoms with Crippen molar-refractivity contribution in [3.05, 3.63) is 10.1 Å². The van der Waals surface area contributed by atoms with Crippen LogP contribution in [-0.2, 0) is 4.79 Å². The molecule has 0 aliphatic heterocycles. The van der Waals surface area contributed by atoms with Crippen molar-refractivity contribution in [2.45, 2.75) is 19.3 Å². The minimum atomic E-state index is -0.300. The number of thioether (sulfide) groups is 1. The fraction of sp³-hybridized carbons (Fsp3) is 0.857. The lowest BCUT2D eigenvalue weighted by molar-refractivity contribution is -0.479. The van der Waals surface area contributed by atoms with Gasteiger partial charge in [-0.25, -0.2) is 0 Å². The highest BCUT2D eigenvalue weighted by molar-refractivity contribution is 7.99. The number of rotatable bonds is 8. The molecule has 0 spiro atoms. The fourth-order valence-corrected chi connectivity index (χ4v) is 1.57. The molecular formula is C7H13NO3S. The molecule has 0 saturated carbocycles. The molecule has 4 nitrogen and oxygen atoms in total. The monoisotopic (exact) mass is 191 g/mol. The largest absolute Gasteiger partial charge is 0.303 e. The molecule has 70 valence electrons. The summed E-state index contributed by atoms with van der Waals surface area (Å²) in [6.07, 6.45) is 3.01. The minimum absolute atomic E-state index is 0.0562. The molecular weight excluding hydrogens is 178 g/mol. The summed E-state index contributed by atoms with van der Waals surface area (Å²) in [5.74, 6) is 1.75. The highest BCUT2D eigenvalue weighted by Crippen LogP contribution is 2.05. The Balaban J connectivity index is 2.90. The second-order valence-corrected chi connectivity index (χ2v) is 3.56. The lowest BCUT2D eigenvalue weighted by atomic mass is 10.4. The van der Waals surface area contributed by atoms with Crippen LogP contribution < -0.4 is 0 Å². The van der Waals surface area contributed by atoms with E-state index in [0.717, 1.165) is 24.2 Å². The number of unbranched alkanes of at least 4 members (excludes halogenated alkanes) is 1. The third kappa shape index (κ3) is 9.42. The Labute approximate surface area is 75.9 Å². The van der Waals surface area contributed by atoms with E-state index in [1.165, 1.54) is 0 Å². The van der Waals surface area contributed by atoms with Crippen LogP contribution in [0.4, 0.5) is 0 Å². The van der Waals surface area contributed by atoms with Gasteiger partial charge in [0, 0.05) is 17.8 Å². The average molecular weight is 191 g/mol. The summed E-state index contributed by atoms with van der Waals surface area (Å²) in [5.41, 5.74) is 0. The first-order chi connectivity index (χ1) is 5.77. The molecule has 0 radical (unpaired) electrons. The number of aldehydes is 1. The topological polar surface area (TPSA) is 60.2 Å². The van der Waals surface area contributed by atoms with Gasteiger partial charge in [-0.2, -0.15) is 11.8 Å². The van der Waals surface area contributed by atoms with E-state index in [9.17, 15) is 14.9 Å². The molecule has 0 aromatic carbocycles. The number of hydrogen-bond donors (Lipinski definition) is 0. The Bertz CT molecular complexity index is 141. The molecule has 0 aromatic heterocycles. The Kier molecular flexibility index (Phi) is 8.10. The number of nitro groups is 1. The molecule has 0 saturated heterocycles. The summed E-state index contributed by atoms with van der Waals surface area (Å²) < 4.78 is 0. The van der Waals surface area contributed by atoms with Gasteiger partial charge in [0.2, 0.25) is 6.54 Å². The minimum Gasteiger partial charge on any atom is -0.303 e. The van der Waals surface area contributed by atoms with E-state index in [0.29, 0.717) is 12.8 Å². The van der Waals surface area contributed by atoms with Crippen LogP contribution in [0.25, 0.3) is 0 Å². The maximum Gasteiger partial charge on any atom is 0.204 e. The van der Waals surface area contributed by atoms with Crippen LogP contribution in [0.1, 0.15) is 19.3 Å². The van der Waals surface area contributed by atoms with Gasteiger partial charge in [0.1, 0.15) is 6.29 Å². The lowest BCUT2D eigenvalue weighted by Gasteiger charge is -1.96. The molecule has 0 atom stereocenters. The van der Waals surface area contributed by atoms with Gasteiger partial charge in [-0.15, -0.1) is 0 Å². The maximum atomic E-state index is 9.88. The maximum absolute atomic E-state index is 9.88. The predicted octanol–water partition coefficient (Wildman–Crippen LogP) is 1.37. The lowest BCUT2D eigenvalue weighted by Crippen LogP contribution is -2.01. The summed E-state index contributed by atoms with van der Waals surface area (Å²) in [5, 5.41) is 9.88. The van der Waals surface area contributed by atoms with Crippen LogP contribution in [-0.4, -0.2) is 29.3 Å². The van der Waals surface area contributed by atoms with Crippen molar-refractivity contribution in [1.29, 1.82) is 0 Å². The zero-order valence-electron chi connectivity index (χ0n) is 6.90. The second-order valence-electron chi connectivity index (χ2n) is 2.33. The van der Waals surface area contributed by atoms with Crippen molar-refractivity contribution < 1.29 is 9.72 Å². The Morgan fingerprint density at radius 3 is 2.58 bits per heavy atom. The van der Waals surface area contributed by atoms with E-state index >= 15 is 0 Å². The van der Waals surface area contributed by atoms with Crippen LogP contribution in [0.5, 0.6) is 0 Å². The summed E-state index contributed by atoms with van der Waals surface area (Å²) in [6.45, 7) is 0.0562. The number of carbonyl (C=O) groups is 1. The van der Waals surface area contributed by atoms with E-state index < -0.39 is 0 Å². The molecule has 0 aliphatic rings. The van der Waals surface area contributed by atoms with Gasteiger partial charge in [-0.1, -0.05) is 0 Å². The van der Waals surface area contributed by atoms with Crippen molar-refractivity contribution in [2.75, 3.05) is 18.1 Å². The molecule has 0 heterocycles. The number of nitrogens with zero attached hydrogens (tertiary/aromatic N) is 1. The normalized spacial score (nSPS) is 9.67. The van der Waals surface area contributed by atoms with E-state index in [1.54, 1.807) is 11.8 Å². The summed E-state index contributed by atoms with van der Waals surface area (Å²) in [4.78, 5) is 19.5. The molecule has 0 unspecified atom stereocenters. The van der Waals surface area contributed by atoms with Gasteiger partial charge < -0.3 is 4.79 Å². The SMILES string of the molecule is O=CCCCSCCC[N+](=O)[O-]. The third-order valence-corrected chi connectivity index (χ3v) is 2.39. The van der Waals surface area contributed by atoms with E-state index in [1.807, 2.05) is 0 Å². The van der Waals surface area contributed by atoms with Gasteiger partial charge in [0.05, 0.1) is 0 Å². The summed E-state index contributed by atoms with van der Waals surface area (Å²) in [6, 6.07) is 0. The molecule has 0 aliphatic carbocycles. The van der Waals surface area contributed by atoms with Crippen molar-refractivity contribution in [2.24, 2.45) is 0 Å². The number of hydrogen-bond acceptors (Lipinski definition) is 4. The molecule has 0 rings (SSSR count). The van der Waals surface area contributed by atoms with E-state index in [4.69, 9.17) is 0 Å². The zero-order valence-corrected chi connectivity index (χ0v) is 7.72. The van der Waals surface area contributed by atoms with Gasteiger partial charge in [0.25, 0.3) is 0 Å². The highest BCUT2D eigenvalue weighted by atomic mass is 32.2. The standard InChI is InChI=1S/C7H13NO3S/c9-5-1-2-6-12-7-3-4-8(10)11/h5H,1-4,6-7H2. The molecule has 12 heavy (non-hydrogen) atoms. The van der Waals surface area contributed by atoms with E-state index in [-0.39, 0.29) is 11.5 Å². The Morgan fingerprint density at radius 1 is 1.33 bits per heavy atom. The first-order valence-electron chi connectivity index (χ1n) is 3.90. The van der Waals surface area contributed by atoms with Crippen LogP contribution >= 0.6 is 11.8 Å². The summed E-state index contributed by atoms with van der Waals surface area (Å²) in [7, 11) is 0. The first kappa shape index (κ1) is 11.4. The molecule has 5 heteroatoms. The van der Waals surface area contributed by atoms with Crippen LogP contribution in [0.15, 0.2) is 0 Å². The second kappa shape index (κ2) is 8.52. The molecule has 0 N–H and O–H groups in total. The molecule has 0 aromatic rings. The Morgan fingerprint density at radius 2 is 2.00 bits per heavy atom. The van der Waals surface area contributed by atoms with Crippen molar-refractivity contribution in [3.63, 3.8) is 0 Å². The van der Waals surface area contributed by atoms with Gasteiger partial charge in [-0.3, -0.25) is 10.1 Å². The molecule has 0 amide bonds. The first-order valence-corrected chi connectivity index (χ1v) is 5.06. The van der Waals surface area contributed by atoms with Gasteiger partial charge >= 0.3 is 0 Å². The summed E-state index contributed by atoms with van der Waals surface area (Å²) >= 11 is 1.67. The third-order valence-electron chi connectivity index (χ3n) is 1.24. The highest BCUT2D eigenvalue weighted by Gasteiger charge is 1.96. The van der Waals surface area contributed by atoms with Crippen LogP contribution in [0, 0.1) is 10.1 Å². The van der Waals surface area contributed by atoms with Gasteiger partial charge in [-0.05, 0) is 17.9 Å². The molecule has 0 fully saturated rings. The van der Waals surface area contributed by atoms with Crippen molar-refractivity contribution >= 4 is 18.0 Å². The number of carbonyl (C=O) groups excluding carboxylic acids is 1. The van der Waals surface area contributed by atoms with Crippen molar-refractivity contribution in [1.82, 2.24) is 0 Å². The van der Waals surface area contributed by atoms with Crippen molar-refractivity contribution in [3.8, 4) is 0 Å². The Hall–Kier alpha value is -0.580. The fourth-order valence-electron chi connectivity index (χ4n) is 0.667. The quantitative estimate of drug-likeness (QED) is 0.251. The van der Waals surface area contributed by atoms with Crippen LogP contribution in [0.3, 0.4) is 0 Å². The predicted molar refractivity (Wildman–Crippen MR) is 49.1 cm³/mol. The van der Waals surface area contributed by atoms with Crippen LogP contribution in [0.2, 0.25) is 0 Å². The smallest absolute Gasteiger partial charge is 0.204 e. The zero-order chi connectivity index (χ0) is 9.23. The average Bonchev–Trinajstić information content (AvgIpc) is 2.02. The van der Waals surface area contributed by atoms with Gasteiger partial charge in [0.15, 0.2) is 0 Å².